The van der Waals surface area contributed by atoms with Crippen LogP contribution >= 0.6 is 0 Å². The van der Waals surface area contributed by atoms with Crippen molar-refractivity contribution in [2.24, 2.45) is 11.8 Å². The Balaban J connectivity index is 1.59. The summed E-state index contributed by atoms with van der Waals surface area (Å²) in [6.07, 6.45) is 1.74. The molecule has 0 radical (unpaired) electrons. The fourth-order valence-electron chi connectivity index (χ4n) is 4.02. The number of halogens is 1. The zero-order valence-electron chi connectivity index (χ0n) is 19.5. The zero-order valence-corrected chi connectivity index (χ0v) is 20.4. The van der Waals surface area contributed by atoms with Gasteiger partial charge < -0.3 is 10.6 Å². The van der Waals surface area contributed by atoms with Crippen LogP contribution in [0.5, 0.6) is 0 Å². The molecule has 2 aromatic carbocycles. The second kappa shape index (κ2) is 11.6. The van der Waals surface area contributed by atoms with E-state index in [1.807, 2.05) is 44.2 Å². The van der Waals surface area contributed by atoms with E-state index in [2.05, 4.69) is 10.6 Å². The van der Waals surface area contributed by atoms with Crippen LogP contribution in [-0.4, -0.2) is 50.2 Å². The van der Waals surface area contributed by atoms with Gasteiger partial charge >= 0.3 is 0 Å². The molecule has 1 heterocycles. The first-order chi connectivity index (χ1) is 16.2. The van der Waals surface area contributed by atoms with Crippen LogP contribution in [0.25, 0.3) is 0 Å². The van der Waals surface area contributed by atoms with Gasteiger partial charge in [-0.1, -0.05) is 44.2 Å². The zero-order chi connectivity index (χ0) is 24.7. The van der Waals surface area contributed by atoms with Gasteiger partial charge in [-0.25, -0.2) is 12.8 Å². The minimum Gasteiger partial charge on any atom is -0.354 e. The van der Waals surface area contributed by atoms with Gasteiger partial charge in [0, 0.05) is 19.6 Å². The predicted octanol–water partition coefficient (Wildman–Crippen LogP) is 2.73. The first-order valence-corrected chi connectivity index (χ1v) is 13.0. The molecule has 2 aromatic rings. The summed E-state index contributed by atoms with van der Waals surface area (Å²) in [6.45, 7) is 4.47. The number of nitrogens with one attached hydrogen (secondary N) is 2. The fourth-order valence-corrected chi connectivity index (χ4v) is 5.54. The van der Waals surface area contributed by atoms with E-state index in [0.717, 1.165) is 17.7 Å². The summed E-state index contributed by atoms with van der Waals surface area (Å²) in [4.78, 5) is 25.8. The lowest BCUT2D eigenvalue weighted by molar-refractivity contribution is -0.132. The maximum atomic E-state index is 13.2. The third kappa shape index (κ3) is 6.64. The van der Waals surface area contributed by atoms with Gasteiger partial charge in [-0.15, -0.1) is 0 Å². The highest BCUT2D eigenvalue weighted by atomic mass is 32.2. The lowest BCUT2D eigenvalue weighted by atomic mass is 9.96. The Labute approximate surface area is 200 Å². The molecule has 3 rings (SSSR count). The lowest BCUT2D eigenvalue weighted by Gasteiger charge is -2.32. The maximum absolute atomic E-state index is 13.2. The molecule has 34 heavy (non-hydrogen) atoms. The highest BCUT2D eigenvalue weighted by Crippen LogP contribution is 2.24. The van der Waals surface area contributed by atoms with Gasteiger partial charge in [0.25, 0.3) is 0 Å². The van der Waals surface area contributed by atoms with Crippen LogP contribution in [0, 0.1) is 17.7 Å². The molecule has 0 spiro atoms. The Morgan fingerprint density at radius 1 is 1.09 bits per heavy atom. The number of carbonyl (C=O) groups excluding carboxylic acids is 2. The van der Waals surface area contributed by atoms with Crippen LogP contribution in [0.3, 0.4) is 0 Å². The molecule has 2 amide bonds. The highest BCUT2D eigenvalue weighted by Gasteiger charge is 2.35. The molecule has 1 fully saturated rings. The van der Waals surface area contributed by atoms with Crippen molar-refractivity contribution in [3.63, 3.8) is 0 Å². The van der Waals surface area contributed by atoms with Crippen molar-refractivity contribution >= 4 is 21.8 Å². The number of sulfonamides is 1. The SMILES string of the molecule is CC(C)[C@H](NC(=O)[C@@H]1CCCN(S(=O)(=O)c2ccc(F)cc2)C1)C(=O)NCCc1ccccc1. The molecule has 0 unspecified atom stereocenters. The molecule has 0 aliphatic carbocycles. The van der Waals surface area contributed by atoms with E-state index in [9.17, 15) is 22.4 Å². The summed E-state index contributed by atoms with van der Waals surface area (Å²) in [7, 11) is -3.84. The van der Waals surface area contributed by atoms with Crippen LogP contribution in [0.1, 0.15) is 32.3 Å². The van der Waals surface area contributed by atoms with Gasteiger partial charge in [0.15, 0.2) is 0 Å². The van der Waals surface area contributed by atoms with Crippen molar-refractivity contribution in [1.29, 1.82) is 0 Å². The van der Waals surface area contributed by atoms with Gasteiger partial charge in [-0.2, -0.15) is 4.31 Å². The first-order valence-electron chi connectivity index (χ1n) is 11.6. The van der Waals surface area contributed by atoms with E-state index < -0.39 is 27.8 Å². The molecule has 1 aliphatic heterocycles. The number of hydrogen-bond acceptors (Lipinski definition) is 4. The van der Waals surface area contributed by atoms with Gasteiger partial charge in [-0.05, 0) is 55.0 Å². The van der Waals surface area contributed by atoms with E-state index in [0.29, 0.717) is 25.8 Å². The molecular formula is C25H32FN3O4S. The molecule has 1 aliphatic rings. The van der Waals surface area contributed by atoms with Crippen molar-refractivity contribution in [2.45, 2.75) is 44.0 Å². The van der Waals surface area contributed by atoms with E-state index in [4.69, 9.17) is 0 Å². The predicted molar refractivity (Wildman–Crippen MR) is 128 cm³/mol. The second-order valence-electron chi connectivity index (χ2n) is 8.91. The largest absolute Gasteiger partial charge is 0.354 e. The Kier molecular flexibility index (Phi) is 8.79. The van der Waals surface area contributed by atoms with Crippen molar-refractivity contribution in [3.8, 4) is 0 Å². The van der Waals surface area contributed by atoms with Gasteiger partial charge in [0.05, 0.1) is 10.8 Å². The number of amides is 2. The second-order valence-corrected chi connectivity index (χ2v) is 10.9. The van der Waals surface area contributed by atoms with Crippen LogP contribution in [0.15, 0.2) is 59.5 Å². The quantitative estimate of drug-likeness (QED) is 0.566. The van der Waals surface area contributed by atoms with E-state index in [-0.39, 0.29) is 35.7 Å². The van der Waals surface area contributed by atoms with Gasteiger partial charge in [0.1, 0.15) is 11.9 Å². The summed E-state index contributed by atoms with van der Waals surface area (Å²) >= 11 is 0. The number of nitrogens with zero attached hydrogens (tertiary/aromatic N) is 1. The van der Waals surface area contributed by atoms with Crippen LogP contribution < -0.4 is 10.6 Å². The third-order valence-electron chi connectivity index (χ3n) is 6.01. The Bertz CT molecular complexity index is 1080. The Hall–Kier alpha value is -2.78. The van der Waals surface area contributed by atoms with Crippen LogP contribution in [0.2, 0.25) is 0 Å². The van der Waals surface area contributed by atoms with E-state index in [1.165, 1.54) is 16.4 Å². The molecule has 0 aromatic heterocycles. The normalized spacial score (nSPS) is 17.8. The average Bonchev–Trinajstić information content (AvgIpc) is 2.83. The summed E-state index contributed by atoms with van der Waals surface area (Å²) in [5.41, 5.74) is 1.11. The molecule has 1 saturated heterocycles. The molecular weight excluding hydrogens is 457 g/mol. The van der Waals surface area contributed by atoms with E-state index in [1.54, 1.807) is 0 Å². The number of hydrogen-bond donors (Lipinski definition) is 2. The summed E-state index contributed by atoms with van der Waals surface area (Å²) in [6, 6.07) is 13.7. The first kappa shape index (κ1) is 25.8. The van der Waals surface area contributed by atoms with Crippen molar-refractivity contribution in [3.05, 3.63) is 66.0 Å². The number of carbonyl (C=O) groups is 2. The average molecular weight is 490 g/mol. The van der Waals surface area contributed by atoms with E-state index >= 15 is 0 Å². The van der Waals surface area contributed by atoms with Crippen LogP contribution in [0.4, 0.5) is 4.39 Å². The Morgan fingerprint density at radius 2 is 1.76 bits per heavy atom. The summed E-state index contributed by atoms with van der Waals surface area (Å²) in [5, 5.41) is 5.72. The fraction of sp³-hybridized carbons (Fsp3) is 0.440. The molecule has 0 saturated carbocycles. The molecule has 2 atom stereocenters. The molecule has 2 N–H and O–H groups in total. The molecule has 7 nitrogen and oxygen atoms in total. The van der Waals surface area contributed by atoms with Crippen molar-refractivity contribution in [2.75, 3.05) is 19.6 Å². The topological polar surface area (TPSA) is 95.6 Å². The van der Waals surface area contributed by atoms with Crippen molar-refractivity contribution < 1.29 is 22.4 Å². The molecule has 9 heteroatoms. The lowest BCUT2D eigenvalue weighted by Crippen LogP contribution is -2.53. The maximum Gasteiger partial charge on any atom is 0.243 e. The van der Waals surface area contributed by atoms with Gasteiger partial charge in [0.2, 0.25) is 21.8 Å². The minimum absolute atomic E-state index is 0.00666. The van der Waals surface area contributed by atoms with Crippen LogP contribution in [-0.2, 0) is 26.0 Å². The highest BCUT2D eigenvalue weighted by molar-refractivity contribution is 7.89. The molecule has 184 valence electrons. The smallest absolute Gasteiger partial charge is 0.243 e. The summed E-state index contributed by atoms with van der Waals surface area (Å²) < 4.78 is 40.4. The number of piperidine rings is 1. The standard InChI is InChI=1S/C25H32FN3O4S/c1-18(2)23(25(31)27-15-14-19-7-4-3-5-8-19)28-24(30)20-9-6-16-29(17-20)34(32,33)22-12-10-21(26)11-13-22/h3-5,7-8,10-13,18,20,23H,6,9,14-17H2,1-2H3,(H,27,31)(H,28,30)/t20-,23+/m1/s1. The third-order valence-corrected chi connectivity index (χ3v) is 7.89. The van der Waals surface area contributed by atoms with Crippen molar-refractivity contribution in [1.82, 2.24) is 14.9 Å². The molecule has 0 bridgehead atoms. The Morgan fingerprint density at radius 3 is 2.41 bits per heavy atom. The monoisotopic (exact) mass is 489 g/mol. The number of benzene rings is 2. The minimum atomic E-state index is -3.84. The van der Waals surface area contributed by atoms with Gasteiger partial charge in [-0.3, -0.25) is 9.59 Å². The number of rotatable bonds is 9. The summed E-state index contributed by atoms with van der Waals surface area (Å²) in [5.74, 6) is -1.82.